The molecule has 1 aliphatic carbocycles. The number of primary amides is 1. The topological polar surface area (TPSA) is 63.4 Å². The zero-order valence-electron chi connectivity index (χ0n) is 17.0. The Hall–Kier alpha value is -1.46. The fraction of sp³-hybridized carbons (Fsp3) is 0.652. The second-order valence-electron chi connectivity index (χ2n) is 8.78. The molecule has 29 heavy (non-hydrogen) atoms. The Kier molecular flexibility index (Phi) is 8.07. The van der Waals surface area contributed by atoms with Gasteiger partial charge in [0.15, 0.2) is 5.78 Å². The minimum absolute atomic E-state index is 0.0186. The Morgan fingerprint density at radius 3 is 2.24 bits per heavy atom. The molecule has 2 aliphatic rings. The molecule has 1 saturated carbocycles. The summed E-state index contributed by atoms with van der Waals surface area (Å²) in [6.45, 7) is 2.96. The van der Waals surface area contributed by atoms with E-state index in [0.29, 0.717) is 17.9 Å². The van der Waals surface area contributed by atoms with Gasteiger partial charge in [-0.3, -0.25) is 9.59 Å². The molecule has 0 atom stereocenters. The van der Waals surface area contributed by atoms with Crippen molar-refractivity contribution in [3.63, 3.8) is 0 Å². The number of ketones is 1. The van der Waals surface area contributed by atoms with Crippen molar-refractivity contribution in [1.82, 2.24) is 4.90 Å². The maximum atomic E-state index is 13.2. The molecule has 2 N–H and O–H groups in total. The van der Waals surface area contributed by atoms with Gasteiger partial charge in [0, 0.05) is 17.9 Å². The number of amides is 1. The second kappa shape index (κ2) is 10.5. The predicted molar refractivity (Wildman–Crippen MR) is 113 cm³/mol. The maximum Gasteiger partial charge on any atom is 0.217 e. The molecule has 0 unspecified atom stereocenters. The van der Waals surface area contributed by atoms with E-state index >= 15 is 0 Å². The molecule has 1 aromatic carbocycles. The summed E-state index contributed by atoms with van der Waals surface area (Å²) in [5.41, 5.74) is 5.70. The molecule has 0 radical (unpaired) electrons. The van der Waals surface area contributed by atoms with Crippen LogP contribution < -0.4 is 5.73 Å². The Balaban J connectivity index is 1.36. The number of benzene rings is 1. The van der Waals surface area contributed by atoms with E-state index in [0.717, 1.165) is 44.8 Å². The third kappa shape index (κ3) is 6.51. The van der Waals surface area contributed by atoms with Gasteiger partial charge in [-0.05, 0) is 75.4 Å². The lowest BCUT2D eigenvalue weighted by atomic mass is 9.78. The quantitative estimate of drug-likeness (QED) is 0.610. The average Bonchev–Trinajstić information content (AvgIpc) is 2.71. The Morgan fingerprint density at radius 1 is 1.03 bits per heavy atom. The molecular weight excluding hydrogens is 391 g/mol. The highest BCUT2D eigenvalue weighted by Gasteiger charge is 2.28. The molecule has 1 aromatic rings. The summed E-state index contributed by atoms with van der Waals surface area (Å²) in [6.07, 6.45) is 9.29. The minimum atomic E-state index is -0.414. The summed E-state index contributed by atoms with van der Waals surface area (Å²) in [5.74, 6) is 0.869. The van der Waals surface area contributed by atoms with E-state index < -0.39 is 5.82 Å². The van der Waals surface area contributed by atoms with Gasteiger partial charge >= 0.3 is 0 Å². The fourth-order valence-corrected chi connectivity index (χ4v) is 5.11. The van der Waals surface area contributed by atoms with Crippen LogP contribution >= 0.6 is 11.6 Å². The Bertz CT molecular complexity index is 711. The molecular formula is C23H32ClFN2O2. The van der Waals surface area contributed by atoms with Crippen LogP contribution in [0.25, 0.3) is 0 Å². The average molecular weight is 423 g/mol. The van der Waals surface area contributed by atoms with E-state index in [1.54, 1.807) is 0 Å². The van der Waals surface area contributed by atoms with Crippen molar-refractivity contribution in [3.05, 3.63) is 34.6 Å². The molecule has 160 valence electrons. The number of nitrogens with zero attached hydrogens (tertiary/aromatic N) is 1. The van der Waals surface area contributed by atoms with Crippen LogP contribution in [0, 0.1) is 23.6 Å². The van der Waals surface area contributed by atoms with Gasteiger partial charge in [-0.1, -0.05) is 37.3 Å². The number of carbonyl (C=O) groups excluding carboxylic acids is 2. The highest BCUT2D eigenvalue weighted by molar-refractivity contribution is 6.34. The maximum absolute atomic E-state index is 13.2. The molecule has 6 heteroatoms. The molecule has 0 bridgehead atoms. The molecule has 1 saturated heterocycles. The first-order valence-electron chi connectivity index (χ1n) is 10.9. The van der Waals surface area contributed by atoms with Gasteiger partial charge in [0.25, 0.3) is 0 Å². The number of halogens is 2. The second-order valence-corrected chi connectivity index (χ2v) is 9.19. The molecule has 1 amide bonds. The van der Waals surface area contributed by atoms with Crippen molar-refractivity contribution in [2.24, 2.45) is 23.5 Å². The number of likely N-dealkylation sites (tertiary alicyclic amines) is 1. The van der Waals surface area contributed by atoms with Gasteiger partial charge in [-0.15, -0.1) is 0 Å². The van der Waals surface area contributed by atoms with Crippen molar-refractivity contribution < 1.29 is 14.0 Å². The number of rotatable bonds is 8. The first-order chi connectivity index (χ1) is 13.9. The van der Waals surface area contributed by atoms with E-state index in [-0.39, 0.29) is 22.6 Å². The standard InChI is InChI=1S/C23H32ClFN2O2/c24-21-15-19(25)6-7-20(21)23(29)18-10-13-27(14-11-18)12-9-17-3-1-16(2-4-17)5-8-22(26)28/h6-7,15-18H,1-5,8-14H2,(H2,26,28). The molecule has 2 fully saturated rings. The first kappa shape index (κ1) is 22.2. The summed E-state index contributed by atoms with van der Waals surface area (Å²) in [4.78, 5) is 26.1. The molecule has 4 nitrogen and oxygen atoms in total. The summed E-state index contributed by atoms with van der Waals surface area (Å²) >= 11 is 6.06. The van der Waals surface area contributed by atoms with Crippen molar-refractivity contribution in [3.8, 4) is 0 Å². The molecule has 1 aliphatic heterocycles. The normalized spacial score (nSPS) is 23.8. The Morgan fingerprint density at radius 2 is 1.66 bits per heavy atom. The molecule has 1 heterocycles. The van der Waals surface area contributed by atoms with E-state index in [1.165, 1.54) is 50.3 Å². The number of piperidine rings is 1. The smallest absolute Gasteiger partial charge is 0.217 e. The molecule has 0 spiro atoms. The number of Topliss-reactive ketones (excluding diaryl/α,β-unsaturated/α-hetero) is 1. The molecule has 3 rings (SSSR count). The number of nitrogens with two attached hydrogens (primary N) is 1. The summed E-state index contributed by atoms with van der Waals surface area (Å²) < 4.78 is 13.2. The summed E-state index contributed by atoms with van der Waals surface area (Å²) in [7, 11) is 0. The third-order valence-corrected chi connectivity index (χ3v) is 7.09. The predicted octanol–water partition coefficient (Wildman–Crippen LogP) is 4.84. The largest absolute Gasteiger partial charge is 0.370 e. The lowest BCUT2D eigenvalue weighted by molar-refractivity contribution is -0.118. The van der Waals surface area contributed by atoms with Gasteiger partial charge in [0.05, 0.1) is 5.02 Å². The summed E-state index contributed by atoms with van der Waals surface area (Å²) in [6, 6.07) is 4.02. The van der Waals surface area contributed by atoms with Crippen molar-refractivity contribution in [1.29, 1.82) is 0 Å². The van der Waals surface area contributed by atoms with Crippen LogP contribution in [-0.4, -0.2) is 36.2 Å². The number of hydrogen-bond donors (Lipinski definition) is 1. The van der Waals surface area contributed by atoms with Crippen molar-refractivity contribution in [2.45, 2.75) is 57.8 Å². The van der Waals surface area contributed by atoms with Gasteiger partial charge < -0.3 is 10.6 Å². The molecule has 0 aromatic heterocycles. The van der Waals surface area contributed by atoms with Crippen molar-refractivity contribution in [2.75, 3.05) is 19.6 Å². The zero-order chi connectivity index (χ0) is 20.8. The zero-order valence-corrected chi connectivity index (χ0v) is 17.8. The highest BCUT2D eigenvalue weighted by Crippen LogP contribution is 2.34. The van der Waals surface area contributed by atoms with E-state index in [4.69, 9.17) is 17.3 Å². The van der Waals surface area contributed by atoms with Crippen LogP contribution in [0.4, 0.5) is 4.39 Å². The van der Waals surface area contributed by atoms with Crippen LogP contribution in [-0.2, 0) is 4.79 Å². The fourth-order valence-electron chi connectivity index (χ4n) is 4.85. The third-order valence-electron chi connectivity index (χ3n) is 6.77. The number of carbonyl (C=O) groups is 2. The lowest BCUT2D eigenvalue weighted by Gasteiger charge is -2.34. The monoisotopic (exact) mass is 422 g/mol. The van der Waals surface area contributed by atoms with E-state index in [1.807, 2.05) is 0 Å². The first-order valence-corrected chi connectivity index (χ1v) is 11.3. The van der Waals surface area contributed by atoms with Crippen molar-refractivity contribution >= 4 is 23.3 Å². The van der Waals surface area contributed by atoms with Crippen LogP contribution in [0.5, 0.6) is 0 Å². The van der Waals surface area contributed by atoms with Crippen LogP contribution in [0.2, 0.25) is 5.02 Å². The van der Waals surface area contributed by atoms with Crippen LogP contribution in [0.15, 0.2) is 18.2 Å². The van der Waals surface area contributed by atoms with Crippen LogP contribution in [0.1, 0.15) is 68.1 Å². The van der Waals surface area contributed by atoms with E-state index in [2.05, 4.69) is 4.90 Å². The summed E-state index contributed by atoms with van der Waals surface area (Å²) in [5, 5.41) is 0.212. The van der Waals surface area contributed by atoms with Crippen LogP contribution in [0.3, 0.4) is 0 Å². The van der Waals surface area contributed by atoms with Gasteiger partial charge in [-0.25, -0.2) is 4.39 Å². The lowest BCUT2D eigenvalue weighted by Crippen LogP contribution is -2.37. The Labute approximate surface area is 178 Å². The van der Waals surface area contributed by atoms with Gasteiger partial charge in [0.2, 0.25) is 5.91 Å². The highest BCUT2D eigenvalue weighted by atomic mass is 35.5. The van der Waals surface area contributed by atoms with Gasteiger partial charge in [0.1, 0.15) is 5.82 Å². The van der Waals surface area contributed by atoms with Gasteiger partial charge in [-0.2, -0.15) is 0 Å². The SMILES string of the molecule is NC(=O)CCC1CCC(CCN2CCC(C(=O)c3ccc(F)cc3Cl)CC2)CC1. The van der Waals surface area contributed by atoms with E-state index in [9.17, 15) is 14.0 Å². The minimum Gasteiger partial charge on any atom is -0.370 e. The number of hydrogen-bond acceptors (Lipinski definition) is 3.